The molecule has 0 spiro atoms. The molecule has 4 heteroatoms. The molecule has 0 unspecified atom stereocenters. The molecular formula is C28H25N3O. The van der Waals surface area contributed by atoms with Crippen molar-refractivity contribution >= 4 is 22.5 Å². The van der Waals surface area contributed by atoms with Crippen LogP contribution in [0.2, 0.25) is 0 Å². The monoisotopic (exact) mass is 419 g/mol. The predicted molar refractivity (Wildman–Crippen MR) is 130 cm³/mol. The first kappa shape index (κ1) is 20.1. The van der Waals surface area contributed by atoms with Crippen molar-refractivity contribution in [1.29, 1.82) is 0 Å². The Balaban J connectivity index is 1.71. The molecule has 4 aromatic rings. The number of rotatable bonds is 3. The summed E-state index contributed by atoms with van der Waals surface area (Å²) in [6.45, 7) is 5.69. The third-order valence-electron chi connectivity index (χ3n) is 6.12. The standard InChI is InChI=1S/C28H25N3O/c1-18-13-15-21(16-14-18)26-17-25(30-31(26)20(3)32)27-19(2)29-24-12-8-7-11-23(24)28(27)22-9-5-4-6-10-22/h4-16,26H,17H2,1-3H3/t26-/m0/s1. The van der Waals surface area contributed by atoms with Crippen LogP contribution in [0.1, 0.15) is 41.8 Å². The van der Waals surface area contributed by atoms with E-state index in [0.29, 0.717) is 6.42 Å². The van der Waals surface area contributed by atoms with E-state index in [4.69, 9.17) is 10.1 Å². The normalized spacial score (nSPS) is 15.8. The Morgan fingerprint density at radius 2 is 1.56 bits per heavy atom. The Kier molecular flexibility index (Phi) is 5.06. The van der Waals surface area contributed by atoms with Crippen molar-refractivity contribution in [1.82, 2.24) is 9.99 Å². The number of aryl methyl sites for hydroxylation is 2. The highest BCUT2D eigenvalue weighted by atomic mass is 16.2. The van der Waals surface area contributed by atoms with Crippen LogP contribution in [-0.2, 0) is 4.79 Å². The van der Waals surface area contributed by atoms with Crippen LogP contribution >= 0.6 is 0 Å². The van der Waals surface area contributed by atoms with Gasteiger partial charge in [0.05, 0.1) is 17.3 Å². The lowest BCUT2D eigenvalue weighted by atomic mass is 9.89. The first-order valence-corrected chi connectivity index (χ1v) is 10.9. The number of hydrogen-bond donors (Lipinski definition) is 0. The highest BCUT2D eigenvalue weighted by molar-refractivity contribution is 6.13. The van der Waals surface area contributed by atoms with Gasteiger partial charge in [0.2, 0.25) is 5.91 Å². The number of pyridine rings is 1. The van der Waals surface area contributed by atoms with Crippen LogP contribution in [0.5, 0.6) is 0 Å². The molecule has 0 aliphatic carbocycles. The fraction of sp³-hybridized carbons (Fsp3) is 0.179. The maximum absolute atomic E-state index is 12.5. The molecule has 0 saturated carbocycles. The molecule has 5 rings (SSSR count). The van der Waals surface area contributed by atoms with Gasteiger partial charge in [-0.15, -0.1) is 0 Å². The highest BCUT2D eigenvalue weighted by Gasteiger charge is 2.33. The molecule has 4 nitrogen and oxygen atoms in total. The number of nitrogens with zero attached hydrogens (tertiary/aromatic N) is 3. The van der Waals surface area contributed by atoms with E-state index in [1.807, 2.05) is 31.2 Å². The van der Waals surface area contributed by atoms with E-state index in [2.05, 4.69) is 61.5 Å². The molecule has 32 heavy (non-hydrogen) atoms. The van der Waals surface area contributed by atoms with E-state index < -0.39 is 0 Å². The summed E-state index contributed by atoms with van der Waals surface area (Å²) in [6.07, 6.45) is 0.656. The number of para-hydroxylation sites is 1. The second-order valence-electron chi connectivity index (χ2n) is 8.37. The zero-order valence-electron chi connectivity index (χ0n) is 18.5. The van der Waals surface area contributed by atoms with Crippen molar-refractivity contribution in [2.75, 3.05) is 0 Å². The number of fused-ring (bicyclic) bond motifs is 1. The van der Waals surface area contributed by atoms with Crippen LogP contribution in [0.4, 0.5) is 0 Å². The average Bonchev–Trinajstić information content (AvgIpc) is 3.24. The van der Waals surface area contributed by atoms with Crippen LogP contribution in [0, 0.1) is 13.8 Å². The van der Waals surface area contributed by atoms with E-state index >= 15 is 0 Å². The van der Waals surface area contributed by atoms with E-state index in [1.54, 1.807) is 11.9 Å². The smallest absolute Gasteiger partial charge is 0.240 e. The minimum absolute atomic E-state index is 0.0572. The van der Waals surface area contributed by atoms with Crippen molar-refractivity contribution in [2.24, 2.45) is 5.10 Å². The summed E-state index contributed by atoms with van der Waals surface area (Å²) in [4.78, 5) is 17.4. The lowest BCUT2D eigenvalue weighted by molar-refractivity contribution is -0.130. The Morgan fingerprint density at radius 1 is 0.875 bits per heavy atom. The number of aromatic nitrogens is 1. The van der Waals surface area contributed by atoms with E-state index in [0.717, 1.165) is 44.6 Å². The maximum atomic E-state index is 12.5. The number of carbonyl (C=O) groups excluding carboxylic acids is 1. The van der Waals surface area contributed by atoms with Gasteiger partial charge in [-0.2, -0.15) is 5.10 Å². The predicted octanol–water partition coefficient (Wildman–Crippen LogP) is 6.22. The van der Waals surface area contributed by atoms with Gasteiger partial charge < -0.3 is 0 Å². The fourth-order valence-corrected chi connectivity index (χ4v) is 4.59. The topological polar surface area (TPSA) is 45.6 Å². The van der Waals surface area contributed by atoms with Crippen molar-refractivity contribution in [2.45, 2.75) is 33.2 Å². The SMILES string of the molecule is CC(=O)N1N=C(c2c(C)nc3ccccc3c2-c2ccccc2)C[C@H]1c1ccc(C)cc1. The second-order valence-corrected chi connectivity index (χ2v) is 8.37. The summed E-state index contributed by atoms with van der Waals surface area (Å²) in [5.41, 5.74) is 8.36. The molecule has 0 fully saturated rings. The minimum Gasteiger partial charge on any atom is -0.273 e. The van der Waals surface area contributed by atoms with Crippen LogP contribution in [-0.4, -0.2) is 21.6 Å². The van der Waals surface area contributed by atoms with Gasteiger partial charge in [0, 0.05) is 35.6 Å². The largest absolute Gasteiger partial charge is 0.273 e. The fourth-order valence-electron chi connectivity index (χ4n) is 4.59. The van der Waals surface area contributed by atoms with Crippen molar-refractivity contribution in [3.8, 4) is 11.1 Å². The van der Waals surface area contributed by atoms with E-state index in [-0.39, 0.29) is 11.9 Å². The molecule has 2 heterocycles. The van der Waals surface area contributed by atoms with Crippen molar-refractivity contribution in [3.63, 3.8) is 0 Å². The molecule has 0 saturated heterocycles. The molecule has 1 amide bonds. The quantitative estimate of drug-likeness (QED) is 0.396. The van der Waals surface area contributed by atoms with Gasteiger partial charge in [0.15, 0.2) is 0 Å². The Labute approximate surface area is 188 Å². The number of carbonyl (C=O) groups is 1. The number of amides is 1. The summed E-state index contributed by atoms with van der Waals surface area (Å²) in [6, 6.07) is 26.9. The van der Waals surface area contributed by atoms with Crippen LogP contribution in [0.3, 0.4) is 0 Å². The lowest BCUT2D eigenvalue weighted by Gasteiger charge is -2.20. The molecule has 0 bridgehead atoms. The number of hydrazone groups is 1. The van der Waals surface area contributed by atoms with Gasteiger partial charge in [-0.25, -0.2) is 5.01 Å². The molecular weight excluding hydrogens is 394 g/mol. The molecule has 1 atom stereocenters. The summed E-state index contributed by atoms with van der Waals surface area (Å²) in [5, 5.41) is 7.57. The number of benzene rings is 3. The Bertz CT molecular complexity index is 1340. The van der Waals surface area contributed by atoms with Crippen molar-refractivity contribution < 1.29 is 4.79 Å². The molecule has 1 aromatic heterocycles. The van der Waals surface area contributed by atoms with Crippen LogP contribution in [0.25, 0.3) is 22.0 Å². The van der Waals surface area contributed by atoms with Crippen molar-refractivity contribution in [3.05, 3.63) is 101 Å². The third kappa shape index (κ3) is 3.48. The summed E-state index contributed by atoms with van der Waals surface area (Å²) in [5.74, 6) is -0.0572. The zero-order valence-corrected chi connectivity index (χ0v) is 18.5. The molecule has 0 N–H and O–H groups in total. The first-order valence-electron chi connectivity index (χ1n) is 10.9. The maximum Gasteiger partial charge on any atom is 0.240 e. The molecule has 3 aromatic carbocycles. The average molecular weight is 420 g/mol. The molecule has 0 radical (unpaired) electrons. The molecule has 158 valence electrons. The zero-order chi connectivity index (χ0) is 22.2. The van der Waals surface area contributed by atoms with Gasteiger partial charge in [-0.3, -0.25) is 9.78 Å². The Hall–Kier alpha value is -3.79. The Morgan fingerprint density at radius 3 is 2.28 bits per heavy atom. The van der Waals surface area contributed by atoms with Crippen LogP contribution < -0.4 is 0 Å². The third-order valence-corrected chi connectivity index (χ3v) is 6.12. The van der Waals surface area contributed by atoms with Gasteiger partial charge in [-0.1, -0.05) is 78.4 Å². The van der Waals surface area contributed by atoms with Gasteiger partial charge in [-0.05, 0) is 31.0 Å². The van der Waals surface area contributed by atoms with Crippen LogP contribution in [0.15, 0.2) is 84.0 Å². The lowest BCUT2D eigenvalue weighted by Crippen LogP contribution is -2.24. The number of hydrogen-bond acceptors (Lipinski definition) is 3. The first-order chi connectivity index (χ1) is 15.5. The minimum atomic E-state index is -0.113. The van der Waals surface area contributed by atoms with E-state index in [9.17, 15) is 4.79 Å². The van der Waals surface area contributed by atoms with Gasteiger partial charge in [0.25, 0.3) is 0 Å². The molecule has 1 aliphatic rings. The molecule has 1 aliphatic heterocycles. The summed E-state index contributed by atoms with van der Waals surface area (Å²) >= 11 is 0. The highest BCUT2D eigenvalue weighted by Crippen LogP contribution is 2.39. The van der Waals surface area contributed by atoms with Gasteiger partial charge in [0.1, 0.15) is 0 Å². The second kappa shape index (κ2) is 8.04. The summed E-state index contributed by atoms with van der Waals surface area (Å²) < 4.78 is 0. The van der Waals surface area contributed by atoms with Gasteiger partial charge >= 0.3 is 0 Å². The summed E-state index contributed by atoms with van der Waals surface area (Å²) in [7, 11) is 0. The van der Waals surface area contributed by atoms with E-state index in [1.165, 1.54) is 5.56 Å².